The minimum Gasteiger partial charge on any atom is -0.480 e. The first-order chi connectivity index (χ1) is 9.35. The maximum Gasteiger partial charge on any atom is 0.323 e. The molecule has 1 unspecified atom stereocenters. The molecule has 0 aromatic carbocycles. The highest BCUT2D eigenvalue weighted by molar-refractivity contribution is 7.99. The van der Waals surface area contributed by atoms with E-state index < -0.39 is 11.5 Å². The lowest BCUT2D eigenvalue weighted by Gasteiger charge is -2.18. The van der Waals surface area contributed by atoms with Gasteiger partial charge in [-0.25, -0.2) is 4.98 Å². The van der Waals surface area contributed by atoms with Crippen LogP contribution in [0.4, 0.5) is 0 Å². The third-order valence-electron chi connectivity index (χ3n) is 2.85. The van der Waals surface area contributed by atoms with Crippen molar-refractivity contribution >= 4 is 17.7 Å². The van der Waals surface area contributed by atoms with Gasteiger partial charge >= 0.3 is 5.97 Å². The Morgan fingerprint density at radius 3 is 2.90 bits per heavy atom. The second-order valence-corrected chi connectivity index (χ2v) is 6.05. The summed E-state index contributed by atoms with van der Waals surface area (Å²) in [6, 6.07) is 1.51. The Bertz CT molecular complexity index is 514. The lowest BCUT2D eigenvalue weighted by atomic mass is 9.98. The maximum absolute atomic E-state index is 11.5. The largest absolute Gasteiger partial charge is 0.480 e. The zero-order valence-electron chi connectivity index (χ0n) is 11.8. The van der Waals surface area contributed by atoms with E-state index >= 15 is 0 Å². The van der Waals surface area contributed by atoms with Crippen molar-refractivity contribution in [2.24, 2.45) is 5.73 Å². The van der Waals surface area contributed by atoms with Gasteiger partial charge in [0.1, 0.15) is 5.54 Å². The fraction of sp³-hybridized carbons (Fsp3) is 0.615. The second-order valence-electron chi connectivity index (χ2n) is 4.97. The van der Waals surface area contributed by atoms with Crippen molar-refractivity contribution in [3.8, 4) is 0 Å². The van der Waals surface area contributed by atoms with E-state index in [4.69, 9.17) is 10.8 Å². The van der Waals surface area contributed by atoms with Crippen LogP contribution in [0.5, 0.6) is 0 Å². The molecule has 112 valence electrons. The van der Waals surface area contributed by atoms with E-state index in [0.717, 1.165) is 18.5 Å². The van der Waals surface area contributed by atoms with Crippen LogP contribution in [0.15, 0.2) is 16.0 Å². The number of aryl methyl sites for hydroxylation is 1. The summed E-state index contributed by atoms with van der Waals surface area (Å²) in [5.41, 5.74) is 5.07. The second kappa shape index (κ2) is 7.44. The van der Waals surface area contributed by atoms with E-state index in [0.29, 0.717) is 23.8 Å². The summed E-state index contributed by atoms with van der Waals surface area (Å²) >= 11 is 1.41. The summed E-state index contributed by atoms with van der Waals surface area (Å²) in [6.45, 7) is 3.53. The number of thioether (sulfide) groups is 1. The number of carbonyl (C=O) groups is 1. The Hall–Kier alpha value is -1.34. The fourth-order valence-electron chi connectivity index (χ4n) is 1.65. The third-order valence-corrected chi connectivity index (χ3v) is 3.81. The van der Waals surface area contributed by atoms with Gasteiger partial charge in [0.25, 0.3) is 5.56 Å². The lowest BCUT2D eigenvalue weighted by Crippen LogP contribution is -2.44. The van der Waals surface area contributed by atoms with Gasteiger partial charge in [-0.2, -0.15) is 0 Å². The van der Waals surface area contributed by atoms with Crippen LogP contribution in [0.3, 0.4) is 0 Å². The number of aromatic amines is 1. The first kappa shape index (κ1) is 16.7. The lowest BCUT2D eigenvalue weighted by molar-refractivity contribution is -0.142. The number of nitrogens with zero attached hydrogens (tertiary/aromatic N) is 1. The SMILES string of the molecule is CCCc1cc(=O)[nH]c(SCCCC(C)(N)C(=O)O)n1. The van der Waals surface area contributed by atoms with Gasteiger partial charge in [0.15, 0.2) is 5.16 Å². The molecule has 1 heterocycles. The molecule has 1 rings (SSSR count). The van der Waals surface area contributed by atoms with Crippen LogP contribution in [-0.4, -0.2) is 32.3 Å². The molecule has 0 amide bonds. The fourth-order valence-corrected chi connectivity index (χ4v) is 2.49. The molecule has 0 spiro atoms. The summed E-state index contributed by atoms with van der Waals surface area (Å²) < 4.78 is 0. The van der Waals surface area contributed by atoms with Crippen molar-refractivity contribution in [2.75, 3.05) is 5.75 Å². The molecule has 0 aliphatic rings. The smallest absolute Gasteiger partial charge is 0.323 e. The van der Waals surface area contributed by atoms with Crippen LogP contribution in [0.25, 0.3) is 0 Å². The number of hydrogen-bond donors (Lipinski definition) is 3. The molecule has 0 bridgehead atoms. The number of carboxylic acid groups (broad SMARTS) is 1. The number of nitrogens with one attached hydrogen (secondary N) is 1. The zero-order valence-corrected chi connectivity index (χ0v) is 12.6. The molecule has 20 heavy (non-hydrogen) atoms. The van der Waals surface area contributed by atoms with Crippen molar-refractivity contribution < 1.29 is 9.90 Å². The monoisotopic (exact) mass is 299 g/mol. The van der Waals surface area contributed by atoms with Crippen molar-refractivity contribution in [2.45, 2.75) is 50.2 Å². The molecule has 1 aromatic rings. The zero-order chi connectivity index (χ0) is 15.2. The Labute approximate surface area is 122 Å². The number of aromatic nitrogens is 2. The predicted molar refractivity (Wildman–Crippen MR) is 79.0 cm³/mol. The van der Waals surface area contributed by atoms with Crippen molar-refractivity contribution in [1.82, 2.24) is 9.97 Å². The molecule has 0 aliphatic carbocycles. The van der Waals surface area contributed by atoms with Gasteiger partial charge in [-0.3, -0.25) is 9.59 Å². The number of aliphatic carboxylic acids is 1. The molecule has 4 N–H and O–H groups in total. The quantitative estimate of drug-likeness (QED) is 0.380. The Balaban J connectivity index is 2.50. The van der Waals surface area contributed by atoms with E-state index in [1.54, 1.807) is 0 Å². The van der Waals surface area contributed by atoms with Gasteiger partial charge in [-0.1, -0.05) is 25.1 Å². The predicted octanol–water partition coefficient (Wildman–Crippen LogP) is 1.40. The standard InChI is InChI=1S/C13H21N3O3S/c1-3-5-9-8-10(17)16-12(15-9)20-7-4-6-13(2,14)11(18)19/h8H,3-7,14H2,1-2H3,(H,18,19)(H,15,16,17). The van der Waals surface area contributed by atoms with E-state index in [1.165, 1.54) is 24.8 Å². The average Bonchev–Trinajstić information content (AvgIpc) is 2.34. The van der Waals surface area contributed by atoms with Gasteiger partial charge in [0.2, 0.25) is 0 Å². The third kappa shape index (κ3) is 5.34. The summed E-state index contributed by atoms with van der Waals surface area (Å²) in [5.74, 6) is -0.336. The molecule has 0 saturated heterocycles. The van der Waals surface area contributed by atoms with Gasteiger partial charge in [0, 0.05) is 17.5 Å². The first-order valence-corrected chi connectivity index (χ1v) is 7.59. The first-order valence-electron chi connectivity index (χ1n) is 6.60. The van der Waals surface area contributed by atoms with E-state index in [2.05, 4.69) is 9.97 Å². The van der Waals surface area contributed by atoms with Crippen LogP contribution < -0.4 is 11.3 Å². The van der Waals surface area contributed by atoms with Crippen LogP contribution in [0.1, 0.15) is 38.8 Å². The van der Waals surface area contributed by atoms with Gasteiger partial charge in [-0.05, 0) is 26.2 Å². The molecule has 6 nitrogen and oxygen atoms in total. The molecule has 0 radical (unpaired) electrons. The minimum absolute atomic E-state index is 0.153. The van der Waals surface area contributed by atoms with Gasteiger partial charge in [0.05, 0.1) is 0 Å². The number of rotatable bonds is 8. The summed E-state index contributed by atoms with van der Waals surface area (Å²) in [6.07, 6.45) is 2.74. The summed E-state index contributed by atoms with van der Waals surface area (Å²) in [7, 11) is 0. The van der Waals surface area contributed by atoms with Gasteiger partial charge < -0.3 is 15.8 Å². The van der Waals surface area contributed by atoms with Gasteiger partial charge in [-0.15, -0.1) is 0 Å². The van der Waals surface area contributed by atoms with Crippen LogP contribution in [0.2, 0.25) is 0 Å². The molecule has 0 aliphatic heterocycles. The molecule has 0 fully saturated rings. The summed E-state index contributed by atoms with van der Waals surface area (Å²) in [5, 5.41) is 9.48. The normalized spacial score (nSPS) is 13.9. The Morgan fingerprint density at radius 1 is 1.60 bits per heavy atom. The number of H-pyrrole nitrogens is 1. The van der Waals surface area contributed by atoms with Crippen LogP contribution in [-0.2, 0) is 11.2 Å². The Morgan fingerprint density at radius 2 is 2.30 bits per heavy atom. The molecule has 0 saturated carbocycles. The van der Waals surface area contributed by atoms with Crippen LogP contribution >= 0.6 is 11.8 Å². The maximum atomic E-state index is 11.5. The van der Waals surface area contributed by atoms with E-state index in [9.17, 15) is 9.59 Å². The molecule has 7 heteroatoms. The van der Waals surface area contributed by atoms with Crippen molar-refractivity contribution in [1.29, 1.82) is 0 Å². The topological polar surface area (TPSA) is 109 Å². The van der Waals surface area contributed by atoms with E-state index in [1.807, 2.05) is 6.92 Å². The summed E-state index contributed by atoms with van der Waals surface area (Å²) in [4.78, 5) is 29.3. The minimum atomic E-state index is -1.20. The van der Waals surface area contributed by atoms with Crippen molar-refractivity contribution in [3.63, 3.8) is 0 Å². The number of nitrogens with two attached hydrogens (primary N) is 1. The molecular weight excluding hydrogens is 278 g/mol. The molecular formula is C13H21N3O3S. The number of carboxylic acids is 1. The molecule has 1 atom stereocenters. The highest BCUT2D eigenvalue weighted by atomic mass is 32.2. The van der Waals surface area contributed by atoms with Crippen LogP contribution in [0, 0.1) is 0 Å². The van der Waals surface area contributed by atoms with Crippen molar-refractivity contribution in [3.05, 3.63) is 22.1 Å². The van der Waals surface area contributed by atoms with E-state index in [-0.39, 0.29) is 5.56 Å². The Kier molecular flexibility index (Phi) is 6.22. The highest BCUT2D eigenvalue weighted by Crippen LogP contribution is 2.17. The highest BCUT2D eigenvalue weighted by Gasteiger charge is 2.26. The average molecular weight is 299 g/mol. The number of hydrogen-bond acceptors (Lipinski definition) is 5. The molecule has 1 aromatic heterocycles.